The van der Waals surface area contributed by atoms with Gasteiger partial charge in [-0.15, -0.1) is 0 Å². The lowest BCUT2D eigenvalue weighted by molar-refractivity contribution is 0.0458. The number of carboxylic acid groups (broad SMARTS) is 2. The van der Waals surface area contributed by atoms with Crippen LogP contribution in [0.5, 0.6) is 0 Å². The minimum absolute atomic E-state index is 0.0186. The molecule has 0 unspecified atom stereocenters. The molecule has 0 aromatic heterocycles. The van der Waals surface area contributed by atoms with Crippen LogP contribution in [0.4, 0.5) is 0 Å². The van der Waals surface area contributed by atoms with Gasteiger partial charge in [-0.3, -0.25) is 0 Å². The molecule has 0 amide bonds. The van der Waals surface area contributed by atoms with Crippen molar-refractivity contribution in [1.29, 1.82) is 0 Å². The fourth-order valence-corrected chi connectivity index (χ4v) is 2.17. The van der Waals surface area contributed by atoms with Crippen molar-refractivity contribution < 1.29 is 38.9 Å². The number of aromatic carboxylic acids is 2. The van der Waals surface area contributed by atoms with Gasteiger partial charge in [0.1, 0.15) is 0 Å². The van der Waals surface area contributed by atoms with Crippen molar-refractivity contribution >= 4 is 23.9 Å². The van der Waals surface area contributed by atoms with E-state index in [4.69, 9.17) is 19.7 Å². The molecule has 0 bridgehead atoms. The van der Waals surface area contributed by atoms with Crippen molar-refractivity contribution in [3.63, 3.8) is 0 Å². The van der Waals surface area contributed by atoms with Crippen LogP contribution < -0.4 is 0 Å². The van der Waals surface area contributed by atoms with Crippen LogP contribution in [0.3, 0.4) is 0 Å². The van der Waals surface area contributed by atoms with Crippen LogP contribution in [0, 0.1) is 0 Å². The summed E-state index contributed by atoms with van der Waals surface area (Å²) in [6, 6.07) is 11.7. The van der Waals surface area contributed by atoms with Crippen LogP contribution in [0.2, 0.25) is 0 Å². The zero-order chi connectivity index (χ0) is 22.5. The Morgan fingerprint density at radius 3 is 1.43 bits per heavy atom. The number of hydrogen-bond donors (Lipinski definition) is 2. The highest BCUT2D eigenvalue weighted by Crippen LogP contribution is 2.12. The number of rotatable bonds is 8. The molecule has 0 aliphatic carbocycles. The van der Waals surface area contributed by atoms with Crippen LogP contribution >= 0.6 is 0 Å². The van der Waals surface area contributed by atoms with E-state index >= 15 is 0 Å². The quantitative estimate of drug-likeness (QED) is 0.620. The largest absolute Gasteiger partial charge is 0.478 e. The van der Waals surface area contributed by atoms with Gasteiger partial charge in [0.25, 0.3) is 0 Å². The number of carboxylic acids is 2. The fourth-order valence-electron chi connectivity index (χ4n) is 2.17. The van der Waals surface area contributed by atoms with Gasteiger partial charge in [0.15, 0.2) is 0 Å². The summed E-state index contributed by atoms with van der Waals surface area (Å²) in [5.41, 5.74) is 0.476. The summed E-state index contributed by atoms with van der Waals surface area (Å²) in [5, 5.41) is 17.0. The van der Waals surface area contributed by atoms with Gasteiger partial charge in [-0.2, -0.15) is 0 Å². The predicted molar refractivity (Wildman–Crippen MR) is 108 cm³/mol. The van der Waals surface area contributed by atoms with Gasteiger partial charge < -0.3 is 19.7 Å². The molecule has 0 aliphatic rings. The maximum absolute atomic E-state index is 11.8. The maximum atomic E-state index is 11.8. The van der Waals surface area contributed by atoms with E-state index in [0.717, 1.165) is 18.9 Å². The lowest BCUT2D eigenvalue weighted by Crippen LogP contribution is -2.14. The average molecular weight is 416 g/mol. The van der Waals surface area contributed by atoms with Crippen LogP contribution in [-0.2, 0) is 9.47 Å². The molecule has 0 heterocycles. The molecule has 2 N–H and O–H groups in total. The first-order chi connectivity index (χ1) is 14.3. The number of benzene rings is 2. The zero-order valence-corrected chi connectivity index (χ0v) is 16.8. The molecule has 0 atom stereocenters. The van der Waals surface area contributed by atoms with Crippen LogP contribution in [0.1, 0.15) is 68.1 Å². The summed E-state index contributed by atoms with van der Waals surface area (Å²) < 4.78 is 10.1. The minimum atomic E-state index is -1.13. The van der Waals surface area contributed by atoms with Crippen molar-refractivity contribution in [3.8, 4) is 0 Å². The van der Waals surface area contributed by atoms with Gasteiger partial charge in [-0.25, -0.2) is 19.2 Å². The topological polar surface area (TPSA) is 127 Å². The van der Waals surface area contributed by atoms with Crippen molar-refractivity contribution in [2.75, 3.05) is 13.2 Å². The molecular formula is C22H24O8. The predicted octanol–water partition coefficient (Wildman–Crippen LogP) is 3.90. The number of esters is 2. The molecule has 160 valence electrons. The van der Waals surface area contributed by atoms with Crippen molar-refractivity contribution in [1.82, 2.24) is 0 Å². The van der Waals surface area contributed by atoms with Gasteiger partial charge >= 0.3 is 23.9 Å². The molecular weight excluding hydrogens is 392 g/mol. The Morgan fingerprint density at radius 1 is 0.700 bits per heavy atom. The summed E-state index contributed by atoms with van der Waals surface area (Å²) >= 11 is 0. The Balaban J connectivity index is 0.000000325. The van der Waals surface area contributed by atoms with Crippen molar-refractivity contribution in [3.05, 3.63) is 70.8 Å². The molecule has 2 aromatic rings. The Hall–Kier alpha value is -3.68. The van der Waals surface area contributed by atoms with Crippen LogP contribution in [-0.4, -0.2) is 47.3 Å². The SMILES string of the molecule is CCCOC(=O)c1ccccc1C(=O)OCCC.O=C(O)c1cccc(C(=O)O)c1. The van der Waals surface area contributed by atoms with E-state index in [-0.39, 0.29) is 22.3 Å². The first-order valence-corrected chi connectivity index (χ1v) is 9.31. The highest BCUT2D eigenvalue weighted by Gasteiger charge is 2.18. The summed E-state index contributed by atoms with van der Waals surface area (Å²) in [4.78, 5) is 44.3. The highest BCUT2D eigenvalue weighted by atomic mass is 16.5. The third kappa shape index (κ3) is 7.75. The summed E-state index contributed by atoms with van der Waals surface area (Å²) in [6.07, 6.45) is 1.49. The number of carbonyl (C=O) groups is 4. The molecule has 8 nitrogen and oxygen atoms in total. The van der Waals surface area contributed by atoms with E-state index in [1.807, 2.05) is 13.8 Å². The minimum Gasteiger partial charge on any atom is -0.478 e. The molecule has 0 fully saturated rings. The second-order valence-corrected chi connectivity index (χ2v) is 6.01. The molecule has 0 radical (unpaired) electrons. The second kappa shape index (κ2) is 12.7. The van der Waals surface area contributed by atoms with Crippen LogP contribution in [0.15, 0.2) is 48.5 Å². The third-order valence-electron chi connectivity index (χ3n) is 3.60. The van der Waals surface area contributed by atoms with Crippen LogP contribution in [0.25, 0.3) is 0 Å². The highest BCUT2D eigenvalue weighted by molar-refractivity contribution is 6.03. The summed E-state index contributed by atoms with van der Waals surface area (Å²) in [6.45, 7) is 4.51. The number of carbonyl (C=O) groups excluding carboxylic acids is 2. The van der Waals surface area contributed by atoms with Gasteiger partial charge in [-0.05, 0) is 43.2 Å². The molecule has 0 saturated heterocycles. The van der Waals surface area contributed by atoms with E-state index in [0.29, 0.717) is 13.2 Å². The summed E-state index contributed by atoms with van der Waals surface area (Å²) in [5.74, 6) is -3.22. The first kappa shape index (κ1) is 24.4. The lowest BCUT2D eigenvalue weighted by atomic mass is 10.1. The Labute approximate surface area is 174 Å². The monoisotopic (exact) mass is 416 g/mol. The average Bonchev–Trinajstić information content (AvgIpc) is 2.76. The molecule has 8 heteroatoms. The smallest absolute Gasteiger partial charge is 0.339 e. The van der Waals surface area contributed by atoms with Gasteiger partial charge in [0.05, 0.1) is 35.5 Å². The standard InChI is InChI=1S/C14H18O4.C8H6O4/c1-3-9-17-13(15)11-7-5-6-8-12(11)14(16)18-10-4-2;9-7(10)5-2-1-3-6(4-5)8(11)12/h5-8H,3-4,9-10H2,1-2H3;1-4H,(H,9,10)(H,11,12). The third-order valence-corrected chi connectivity index (χ3v) is 3.60. The van der Waals surface area contributed by atoms with Gasteiger partial charge in [0, 0.05) is 0 Å². The Morgan fingerprint density at radius 2 is 1.10 bits per heavy atom. The van der Waals surface area contributed by atoms with Gasteiger partial charge in [-0.1, -0.05) is 32.0 Å². The maximum Gasteiger partial charge on any atom is 0.339 e. The zero-order valence-electron chi connectivity index (χ0n) is 16.8. The second-order valence-electron chi connectivity index (χ2n) is 6.01. The van der Waals surface area contributed by atoms with E-state index in [9.17, 15) is 19.2 Å². The van der Waals surface area contributed by atoms with E-state index in [1.54, 1.807) is 24.3 Å². The van der Waals surface area contributed by atoms with Gasteiger partial charge in [0.2, 0.25) is 0 Å². The van der Waals surface area contributed by atoms with Crippen molar-refractivity contribution in [2.24, 2.45) is 0 Å². The molecule has 2 aromatic carbocycles. The summed E-state index contributed by atoms with van der Waals surface area (Å²) in [7, 11) is 0. The molecule has 30 heavy (non-hydrogen) atoms. The lowest BCUT2D eigenvalue weighted by Gasteiger charge is -2.08. The Kier molecular flexibility index (Phi) is 10.3. The van der Waals surface area contributed by atoms with E-state index < -0.39 is 23.9 Å². The number of ether oxygens (including phenoxy) is 2. The van der Waals surface area contributed by atoms with E-state index in [2.05, 4.69) is 0 Å². The molecule has 2 rings (SSSR count). The Bertz CT molecular complexity index is 820. The first-order valence-electron chi connectivity index (χ1n) is 9.31. The molecule has 0 saturated carbocycles. The molecule has 0 aliphatic heterocycles. The number of hydrogen-bond acceptors (Lipinski definition) is 6. The molecule has 0 spiro atoms. The van der Waals surface area contributed by atoms with E-state index in [1.165, 1.54) is 18.2 Å². The fraction of sp³-hybridized carbons (Fsp3) is 0.273. The normalized spacial score (nSPS) is 9.67. The van der Waals surface area contributed by atoms with Crippen molar-refractivity contribution in [2.45, 2.75) is 26.7 Å².